The van der Waals surface area contributed by atoms with Gasteiger partial charge >= 0.3 is 0 Å². The minimum absolute atomic E-state index is 0.504. The van der Waals surface area contributed by atoms with Gasteiger partial charge in [0.1, 0.15) is 5.69 Å². The Morgan fingerprint density at radius 1 is 1.17 bits per heavy atom. The van der Waals surface area contributed by atoms with Crippen LogP contribution in [-0.2, 0) is 0 Å². The highest BCUT2D eigenvalue weighted by molar-refractivity contribution is 7.98. The predicted molar refractivity (Wildman–Crippen MR) is 71.3 cm³/mol. The zero-order valence-corrected chi connectivity index (χ0v) is 10.6. The summed E-state index contributed by atoms with van der Waals surface area (Å²) in [6.07, 6.45) is 3.87. The van der Waals surface area contributed by atoms with Crippen LogP contribution >= 0.6 is 11.8 Å². The molecule has 0 fully saturated rings. The van der Waals surface area contributed by atoms with E-state index in [-0.39, 0.29) is 0 Å². The minimum Gasteiger partial charge on any atom is -0.357 e. The van der Waals surface area contributed by atoms with E-state index < -0.39 is 0 Å². The Morgan fingerprint density at radius 2 is 2.00 bits per heavy atom. The lowest BCUT2D eigenvalue weighted by Crippen LogP contribution is -1.81. The second-order valence-corrected chi connectivity index (χ2v) is 4.62. The smallest absolute Gasteiger partial charge is 0.274 e. The van der Waals surface area contributed by atoms with Gasteiger partial charge in [0.05, 0.1) is 0 Å². The van der Waals surface area contributed by atoms with Gasteiger partial charge in [-0.05, 0) is 42.7 Å². The highest BCUT2D eigenvalue weighted by Crippen LogP contribution is 2.23. The number of aromatic amines is 1. The number of rotatable bonds is 3. The summed E-state index contributed by atoms with van der Waals surface area (Å²) in [6, 6.07) is 11.9. The number of benzene rings is 1. The Balaban J connectivity index is 1.92. The van der Waals surface area contributed by atoms with Crippen molar-refractivity contribution >= 4 is 11.8 Å². The first-order valence-corrected chi connectivity index (χ1v) is 6.71. The van der Waals surface area contributed by atoms with Crippen LogP contribution in [0.3, 0.4) is 0 Å². The van der Waals surface area contributed by atoms with Crippen molar-refractivity contribution < 1.29 is 4.52 Å². The number of nitrogens with zero attached hydrogens (tertiary/aromatic N) is 2. The van der Waals surface area contributed by atoms with Gasteiger partial charge in [0, 0.05) is 16.7 Å². The van der Waals surface area contributed by atoms with Gasteiger partial charge in [0.2, 0.25) is 5.82 Å². The summed E-state index contributed by atoms with van der Waals surface area (Å²) in [5, 5.41) is 3.98. The maximum absolute atomic E-state index is 5.22. The number of thioether (sulfide) groups is 1. The molecule has 1 N–H and O–H groups in total. The molecule has 0 amide bonds. The molecule has 3 rings (SSSR count). The fourth-order valence-corrected chi connectivity index (χ4v) is 2.06. The molecule has 2 heterocycles. The van der Waals surface area contributed by atoms with Crippen LogP contribution < -0.4 is 0 Å². The average Bonchev–Trinajstić information content (AvgIpc) is 3.09. The van der Waals surface area contributed by atoms with E-state index in [2.05, 4.69) is 15.1 Å². The fraction of sp³-hybridized carbons (Fsp3) is 0.0769. The Bertz CT molecular complexity index is 629. The van der Waals surface area contributed by atoms with Gasteiger partial charge in [-0.1, -0.05) is 5.16 Å². The molecule has 0 aliphatic carbocycles. The summed E-state index contributed by atoms with van der Waals surface area (Å²) in [6.45, 7) is 0. The van der Waals surface area contributed by atoms with E-state index in [4.69, 9.17) is 4.52 Å². The lowest BCUT2D eigenvalue weighted by Gasteiger charge is -1.96. The van der Waals surface area contributed by atoms with Crippen molar-refractivity contribution in [3.8, 4) is 23.0 Å². The quantitative estimate of drug-likeness (QED) is 0.730. The van der Waals surface area contributed by atoms with Crippen molar-refractivity contribution in [2.75, 3.05) is 6.26 Å². The van der Waals surface area contributed by atoms with Gasteiger partial charge in [-0.2, -0.15) is 4.98 Å². The monoisotopic (exact) mass is 257 g/mol. The molecule has 0 spiro atoms. The standard InChI is InChI=1S/C13H11N3OS/c1-18-10-6-4-9(5-7-10)12-15-13(17-16-12)11-3-2-8-14-11/h2-8,14H,1H3. The number of hydrogen-bond acceptors (Lipinski definition) is 4. The number of nitrogens with one attached hydrogen (secondary N) is 1. The van der Waals surface area contributed by atoms with Crippen LogP contribution in [0.15, 0.2) is 52.0 Å². The molecule has 2 aromatic heterocycles. The van der Waals surface area contributed by atoms with Crippen molar-refractivity contribution in [3.63, 3.8) is 0 Å². The van der Waals surface area contributed by atoms with E-state index in [0.717, 1.165) is 11.3 Å². The molecule has 0 saturated carbocycles. The normalized spacial score (nSPS) is 10.7. The second-order valence-electron chi connectivity index (χ2n) is 3.74. The van der Waals surface area contributed by atoms with Crippen molar-refractivity contribution in [1.82, 2.24) is 15.1 Å². The van der Waals surface area contributed by atoms with Crippen molar-refractivity contribution in [2.45, 2.75) is 4.90 Å². The van der Waals surface area contributed by atoms with Crippen LogP contribution in [0, 0.1) is 0 Å². The molecule has 0 saturated heterocycles. The van der Waals surface area contributed by atoms with Crippen LogP contribution in [0.5, 0.6) is 0 Å². The summed E-state index contributed by atoms with van der Waals surface area (Å²) >= 11 is 1.71. The van der Waals surface area contributed by atoms with Crippen LogP contribution in [0.25, 0.3) is 23.0 Å². The van der Waals surface area contributed by atoms with E-state index in [0.29, 0.717) is 11.7 Å². The van der Waals surface area contributed by atoms with Crippen LogP contribution in [0.4, 0.5) is 0 Å². The summed E-state index contributed by atoms with van der Waals surface area (Å²) in [7, 11) is 0. The molecule has 4 nitrogen and oxygen atoms in total. The molecular weight excluding hydrogens is 246 g/mol. The van der Waals surface area contributed by atoms with Crippen LogP contribution in [0.1, 0.15) is 0 Å². The fourth-order valence-electron chi connectivity index (χ4n) is 1.65. The summed E-state index contributed by atoms with van der Waals surface area (Å²) in [5.74, 6) is 1.11. The zero-order chi connectivity index (χ0) is 12.4. The Labute approximate surface area is 108 Å². The van der Waals surface area contributed by atoms with Gasteiger partial charge in [0.25, 0.3) is 5.89 Å². The summed E-state index contributed by atoms with van der Waals surface area (Å²) in [5.41, 5.74) is 1.78. The molecule has 0 radical (unpaired) electrons. The molecule has 3 aromatic rings. The van der Waals surface area contributed by atoms with Crippen molar-refractivity contribution in [3.05, 3.63) is 42.6 Å². The molecule has 1 aromatic carbocycles. The molecular formula is C13H11N3OS. The van der Waals surface area contributed by atoms with Gasteiger partial charge in [0.15, 0.2) is 0 Å². The van der Waals surface area contributed by atoms with Crippen molar-refractivity contribution in [2.24, 2.45) is 0 Å². The minimum atomic E-state index is 0.504. The van der Waals surface area contributed by atoms with E-state index in [1.807, 2.05) is 48.9 Å². The first-order chi connectivity index (χ1) is 8.86. The molecule has 0 unspecified atom stereocenters. The third-order valence-corrected chi connectivity index (χ3v) is 3.35. The summed E-state index contributed by atoms with van der Waals surface area (Å²) in [4.78, 5) is 8.61. The predicted octanol–water partition coefficient (Wildman–Crippen LogP) is 3.45. The summed E-state index contributed by atoms with van der Waals surface area (Å²) < 4.78 is 5.22. The lowest BCUT2D eigenvalue weighted by molar-refractivity contribution is 0.431. The molecule has 5 heteroatoms. The van der Waals surface area contributed by atoms with Crippen molar-refractivity contribution in [1.29, 1.82) is 0 Å². The molecule has 90 valence electrons. The molecule has 0 atom stereocenters. The van der Waals surface area contributed by atoms with Gasteiger partial charge in [-0.15, -0.1) is 11.8 Å². The first kappa shape index (κ1) is 11.1. The van der Waals surface area contributed by atoms with E-state index in [9.17, 15) is 0 Å². The van der Waals surface area contributed by atoms with Gasteiger partial charge < -0.3 is 9.51 Å². The number of H-pyrrole nitrogens is 1. The SMILES string of the molecule is CSc1ccc(-c2noc(-c3ccc[nH]3)n2)cc1. The maximum Gasteiger partial charge on any atom is 0.274 e. The molecule has 0 bridgehead atoms. The van der Waals surface area contributed by atoms with Crippen LogP contribution in [0.2, 0.25) is 0 Å². The highest BCUT2D eigenvalue weighted by Gasteiger charge is 2.10. The second kappa shape index (κ2) is 4.70. The molecule has 0 aliphatic heterocycles. The van der Waals surface area contributed by atoms with E-state index in [1.165, 1.54) is 4.90 Å². The third kappa shape index (κ3) is 2.04. The molecule has 0 aliphatic rings. The number of hydrogen-bond donors (Lipinski definition) is 1. The average molecular weight is 257 g/mol. The van der Waals surface area contributed by atoms with E-state index in [1.54, 1.807) is 11.8 Å². The Hall–Kier alpha value is -2.01. The Kier molecular flexibility index (Phi) is 2.90. The van der Waals surface area contributed by atoms with Gasteiger partial charge in [-0.3, -0.25) is 0 Å². The first-order valence-electron chi connectivity index (χ1n) is 5.49. The largest absolute Gasteiger partial charge is 0.357 e. The third-order valence-electron chi connectivity index (χ3n) is 2.60. The molecule has 18 heavy (non-hydrogen) atoms. The highest BCUT2D eigenvalue weighted by atomic mass is 32.2. The van der Waals surface area contributed by atoms with E-state index >= 15 is 0 Å². The lowest BCUT2D eigenvalue weighted by atomic mass is 10.2. The van der Waals surface area contributed by atoms with Gasteiger partial charge in [-0.25, -0.2) is 0 Å². The number of aromatic nitrogens is 3. The zero-order valence-electron chi connectivity index (χ0n) is 9.75. The van der Waals surface area contributed by atoms with Crippen LogP contribution in [-0.4, -0.2) is 21.4 Å². The maximum atomic E-state index is 5.22. The Morgan fingerprint density at radius 3 is 2.67 bits per heavy atom. The topological polar surface area (TPSA) is 54.7 Å².